The maximum absolute atomic E-state index is 13.4. The highest BCUT2D eigenvalue weighted by Crippen LogP contribution is 2.30. The van der Waals surface area contributed by atoms with Gasteiger partial charge in [0.2, 0.25) is 0 Å². The number of fused-ring (bicyclic) bond motifs is 1. The van der Waals surface area contributed by atoms with Crippen LogP contribution in [0, 0.1) is 11.3 Å². The number of carbonyl (C=O) groups is 3. The number of anilines is 3. The molecule has 0 spiro atoms. The predicted molar refractivity (Wildman–Crippen MR) is 142 cm³/mol. The highest BCUT2D eigenvalue weighted by molar-refractivity contribution is 6.02. The number of ether oxygens (including phenoxy) is 2. The van der Waals surface area contributed by atoms with Crippen LogP contribution in [0.5, 0.6) is 0 Å². The molecule has 2 aromatic heterocycles. The van der Waals surface area contributed by atoms with E-state index in [2.05, 4.69) is 26.3 Å². The fraction of sp³-hybridized carbons (Fsp3) is 0.481. The number of nitriles is 1. The molecule has 2 fully saturated rings. The number of pyridine rings is 2. The Balaban J connectivity index is 1.36. The Morgan fingerprint density at radius 2 is 2.08 bits per heavy atom. The summed E-state index contributed by atoms with van der Waals surface area (Å²) in [6, 6.07) is 5.32. The van der Waals surface area contributed by atoms with Crippen LogP contribution in [-0.4, -0.2) is 85.7 Å². The van der Waals surface area contributed by atoms with Crippen LogP contribution >= 0.6 is 0 Å². The zero-order valence-corrected chi connectivity index (χ0v) is 22.1. The van der Waals surface area contributed by atoms with Crippen molar-refractivity contribution in [3.05, 3.63) is 40.7 Å². The molecule has 3 aliphatic rings. The summed E-state index contributed by atoms with van der Waals surface area (Å²) in [6.07, 6.45) is 4.61. The smallest absolute Gasteiger partial charge is 0.328 e. The van der Waals surface area contributed by atoms with Crippen molar-refractivity contribution in [3.63, 3.8) is 0 Å². The van der Waals surface area contributed by atoms with E-state index in [4.69, 9.17) is 9.47 Å². The van der Waals surface area contributed by atoms with Crippen molar-refractivity contribution in [3.8, 4) is 6.07 Å². The normalized spacial score (nSPS) is 20.6. The molecule has 1 N–H and O–H groups in total. The van der Waals surface area contributed by atoms with Crippen molar-refractivity contribution >= 4 is 35.5 Å². The second-order valence-electron chi connectivity index (χ2n) is 9.88. The Hall–Kier alpha value is -4.08. The highest BCUT2D eigenvalue weighted by atomic mass is 16.5. The number of urea groups is 1. The van der Waals surface area contributed by atoms with Gasteiger partial charge in [-0.15, -0.1) is 0 Å². The summed E-state index contributed by atoms with van der Waals surface area (Å²) in [5.74, 6) is 0.631. The first kappa shape index (κ1) is 26.5. The molecule has 0 aliphatic carbocycles. The number of hydrogen-bond acceptors (Lipinski definition) is 9. The second-order valence-corrected chi connectivity index (χ2v) is 9.88. The third-order valence-electron chi connectivity index (χ3n) is 7.58. The minimum absolute atomic E-state index is 0.0839. The summed E-state index contributed by atoms with van der Waals surface area (Å²) in [4.78, 5) is 51.9. The maximum Gasteiger partial charge on any atom is 0.328 e. The second kappa shape index (κ2) is 11.3. The van der Waals surface area contributed by atoms with Gasteiger partial charge in [0.05, 0.1) is 17.4 Å². The number of likely N-dealkylation sites (tertiary alicyclic amines) is 1. The van der Waals surface area contributed by atoms with Crippen LogP contribution in [0.25, 0.3) is 0 Å². The summed E-state index contributed by atoms with van der Waals surface area (Å²) in [6.45, 7) is 2.62. The molecule has 3 amide bonds. The molecule has 2 aromatic rings. The van der Waals surface area contributed by atoms with E-state index in [-0.39, 0.29) is 24.2 Å². The van der Waals surface area contributed by atoms with Gasteiger partial charge in [0, 0.05) is 71.2 Å². The molecule has 1 unspecified atom stereocenters. The number of hydrogen-bond donors (Lipinski definition) is 1. The third-order valence-corrected chi connectivity index (χ3v) is 7.58. The van der Waals surface area contributed by atoms with Crippen LogP contribution in [0.3, 0.4) is 0 Å². The molecule has 12 nitrogen and oxygen atoms in total. The standard InChI is InChI=1S/C27H31N7O5/c1-38-20-5-8-32(15-20)22-11-24(29-13-19(22)12-28)31-27(37)34-7-3-4-17-10-18(21(16-35)30-25(17)34)14-33-9-6-23(39-2)26(33)36/h10-11,13,16,20,23H,3-9,14-15H2,1-2H3,(H,29,31,37)/t20-,23?/m1/s1. The van der Waals surface area contributed by atoms with Crippen LogP contribution in [0.1, 0.15) is 46.4 Å². The van der Waals surface area contributed by atoms with E-state index in [1.165, 1.54) is 18.2 Å². The Bertz CT molecular complexity index is 1330. The Kier molecular flexibility index (Phi) is 7.72. The Morgan fingerprint density at radius 3 is 2.77 bits per heavy atom. The molecular formula is C27H31N7O5. The average molecular weight is 534 g/mol. The number of aromatic nitrogens is 2. The molecule has 5 heterocycles. The van der Waals surface area contributed by atoms with Gasteiger partial charge in [0.25, 0.3) is 5.91 Å². The molecule has 0 aromatic carbocycles. The van der Waals surface area contributed by atoms with Gasteiger partial charge in [-0.05, 0) is 30.9 Å². The van der Waals surface area contributed by atoms with Gasteiger partial charge in [0.1, 0.15) is 29.5 Å². The first-order valence-electron chi connectivity index (χ1n) is 13.0. The molecule has 12 heteroatoms. The van der Waals surface area contributed by atoms with Gasteiger partial charge in [-0.3, -0.25) is 19.8 Å². The van der Waals surface area contributed by atoms with Gasteiger partial charge in [-0.2, -0.15) is 5.26 Å². The lowest BCUT2D eigenvalue weighted by Gasteiger charge is -2.29. The van der Waals surface area contributed by atoms with Crippen LogP contribution in [0.2, 0.25) is 0 Å². The largest absolute Gasteiger partial charge is 0.380 e. The quantitative estimate of drug-likeness (QED) is 0.530. The number of rotatable bonds is 7. The Morgan fingerprint density at radius 1 is 1.23 bits per heavy atom. The molecule has 0 saturated carbocycles. The number of nitrogens with one attached hydrogen (secondary N) is 1. The first-order valence-corrected chi connectivity index (χ1v) is 13.0. The van der Waals surface area contributed by atoms with E-state index in [0.29, 0.717) is 73.6 Å². The van der Waals surface area contributed by atoms with Gasteiger partial charge >= 0.3 is 6.03 Å². The summed E-state index contributed by atoms with van der Waals surface area (Å²) < 4.78 is 10.7. The number of carbonyl (C=O) groups excluding carboxylic acids is 3. The maximum atomic E-state index is 13.4. The lowest BCUT2D eigenvalue weighted by molar-refractivity contribution is -0.136. The van der Waals surface area contributed by atoms with E-state index in [9.17, 15) is 19.6 Å². The van der Waals surface area contributed by atoms with Gasteiger partial charge in [0.15, 0.2) is 6.29 Å². The van der Waals surface area contributed by atoms with Gasteiger partial charge < -0.3 is 19.3 Å². The minimum Gasteiger partial charge on any atom is -0.380 e. The molecule has 0 bridgehead atoms. The fourth-order valence-electron chi connectivity index (χ4n) is 5.45. The number of amides is 3. The van der Waals surface area contributed by atoms with Crippen molar-refractivity contribution in [1.29, 1.82) is 5.26 Å². The summed E-state index contributed by atoms with van der Waals surface area (Å²) in [5, 5.41) is 12.4. The number of methoxy groups -OCH3 is 2. The van der Waals surface area contributed by atoms with Crippen molar-refractivity contribution in [2.75, 3.05) is 55.5 Å². The lowest BCUT2D eigenvalue weighted by atomic mass is 10.0. The SMILES string of the molecule is COC1CCN(Cc2cc3c(nc2C=O)N(C(=O)Nc2cc(N4CC[C@@H](OC)C4)c(C#N)cn2)CCC3)C1=O. The third kappa shape index (κ3) is 5.28. The fourth-order valence-corrected chi connectivity index (χ4v) is 5.45. The molecular weight excluding hydrogens is 502 g/mol. The van der Waals surface area contributed by atoms with Crippen molar-refractivity contribution in [2.45, 2.75) is 44.4 Å². The van der Waals surface area contributed by atoms with E-state index in [0.717, 1.165) is 18.5 Å². The van der Waals surface area contributed by atoms with Gasteiger partial charge in [-0.1, -0.05) is 0 Å². The highest BCUT2D eigenvalue weighted by Gasteiger charge is 2.33. The van der Waals surface area contributed by atoms with Gasteiger partial charge in [-0.25, -0.2) is 14.8 Å². The molecule has 39 heavy (non-hydrogen) atoms. The topological polar surface area (TPSA) is 141 Å². The predicted octanol–water partition coefficient (Wildman–Crippen LogP) is 2.12. The van der Waals surface area contributed by atoms with E-state index < -0.39 is 12.1 Å². The Labute approximate surface area is 226 Å². The van der Waals surface area contributed by atoms with E-state index in [1.54, 1.807) is 18.1 Å². The molecule has 2 saturated heterocycles. The van der Waals surface area contributed by atoms with Crippen LogP contribution in [0.4, 0.5) is 22.1 Å². The number of nitrogens with zero attached hydrogens (tertiary/aromatic N) is 6. The van der Waals surface area contributed by atoms with Crippen LogP contribution in [-0.2, 0) is 27.2 Å². The lowest BCUT2D eigenvalue weighted by Crippen LogP contribution is -2.40. The van der Waals surface area contributed by atoms with Crippen molar-refractivity contribution in [2.24, 2.45) is 0 Å². The van der Waals surface area contributed by atoms with Crippen molar-refractivity contribution < 1.29 is 23.9 Å². The van der Waals surface area contributed by atoms with E-state index in [1.807, 2.05) is 6.07 Å². The number of aldehydes is 1. The summed E-state index contributed by atoms with van der Waals surface area (Å²) in [5.41, 5.74) is 2.80. The number of aryl methyl sites for hydroxylation is 1. The molecule has 5 rings (SSSR count). The van der Waals surface area contributed by atoms with E-state index >= 15 is 0 Å². The zero-order chi connectivity index (χ0) is 27.5. The minimum atomic E-state index is -0.460. The summed E-state index contributed by atoms with van der Waals surface area (Å²) in [7, 11) is 3.18. The average Bonchev–Trinajstić information content (AvgIpc) is 3.58. The van der Waals surface area contributed by atoms with Crippen LogP contribution in [0.15, 0.2) is 18.3 Å². The first-order chi connectivity index (χ1) is 18.9. The molecule has 2 atom stereocenters. The molecule has 204 valence electrons. The molecule has 0 radical (unpaired) electrons. The molecule has 3 aliphatic heterocycles. The van der Waals surface area contributed by atoms with Crippen LogP contribution < -0.4 is 15.1 Å². The zero-order valence-electron chi connectivity index (χ0n) is 22.1. The monoisotopic (exact) mass is 533 g/mol. The summed E-state index contributed by atoms with van der Waals surface area (Å²) >= 11 is 0. The van der Waals surface area contributed by atoms with Crippen molar-refractivity contribution in [1.82, 2.24) is 14.9 Å².